The summed E-state index contributed by atoms with van der Waals surface area (Å²) in [4.78, 5) is 23.1. The lowest BCUT2D eigenvalue weighted by atomic mass is 9.98. The van der Waals surface area contributed by atoms with Gasteiger partial charge in [0.1, 0.15) is 0 Å². The fraction of sp³-hybridized carbons (Fsp3) is 0.333. The number of primary sulfonamides is 1. The zero-order chi connectivity index (χ0) is 15.6. The molecule has 21 heavy (non-hydrogen) atoms. The monoisotopic (exact) mass is 375 g/mol. The smallest absolute Gasteiger partial charge is 0.238 e. The molecule has 0 bridgehead atoms. The van der Waals surface area contributed by atoms with Crippen LogP contribution in [0.25, 0.3) is 0 Å². The minimum atomic E-state index is -3.79. The molecule has 114 valence electrons. The molecule has 1 atom stereocenters. The number of nitrogens with one attached hydrogen (secondary N) is 2. The Balaban J connectivity index is 2.09. The van der Waals surface area contributed by atoms with Crippen molar-refractivity contribution in [3.63, 3.8) is 0 Å². The van der Waals surface area contributed by atoms with Crippen molar-refractivity contribution in [1.82, 2.24) is 5.32 Å². The number of sulfonamides is 1. The van der Waals surface area contributed by atoms with E-state index in [1.54, 1.807) is 0 Å². The SMILES string of the molecule is NS(=O)(=O)c1ccc(NC(=O)C2CCC(=O)NC2)c(Br)c1. The van der Waals surface area contributed by atoms with Crippen LogP contribution in [0.2, 0.25) is 0 Å². The van der Waals surface area contributed by atoms with Gasteiger partial charge >= 0.3 is 0 Å². The third-order valence-corrected chi connectivity index (χ3v) is 4.73. The van der Waals surface area contributed by atoms with Gasteiger partial charge in [0.2, 0.25) is 21.8 Å². The fourth-order valence-electron chi connectivity index (χ4n) is 1.97. The Morgan fingerprint density at radius 3 is 2.67 bits per heavy atom. The van der Waals surface area contributed by atoms with Gasteiger partial charge in [0, 0.05) is 17.4 Å². The third-order valence-electron chi connectivity index (χ3n) is 3.16. The molecule has 0 radical (unpaired) electrons. The highest BCUT2D eigenvalue weighted by Gasteiger charge is 2.25. The first-order valence-corrected chi connectivity index (χ1v) is 8.51. The molecule has 1 aliphatic heterocycles. The minimum Gasteiger partial charge on any atom is -0.355 e. The Hall–Kier alpha value is -1.45. The summed E-state index contributed by atoms with van der Waals surface area (Å²) in [6, 6.07) is 4.11. The average molecular weight is 376 g/mol. The van der Waals surface area contributed by atoms with Gasteiger partial charge in [-0.05, 0) is 40.5 Å². The van der Waals surface area contributed by atoms with E-state index >= 15 is 0 Å². The first-order valence-electron chi connectivity index (χ1n) is 6.17. The molecule has 0 spiro atoms. The van der Waals surface area contributed by atoms with Crippen molar-refractivity contribution in [3.8, 4) is 0 Å². The summed E-state index contributed by atoms with van der Waals surface area (Å²) >= 11 is 3.20. The van der Waals surface area contributed by atoms with E-state index in [-0.39, 0.29) is 22.6 Å². The molecule has 7 nitrogen and oxygen atoms in total. The second-order valence-electron chi connectivity index (χ2n) is 4.72. The highest BCUT2D eigenvalue weighted by molar-refractivity contribution is 9.10. The average Bonchev–Trinajstić information content (AvgIpc) is 2.40. The molecular formula is C12H14BrN3O4S. The van der Waals surface area contributed by atoms with Gasteiger partial charge in [-0.15, -0.1) is 0 Å². The van der Waals surface area contributed by atoms with Crippen LogP contribution in [0.1, 0.15) is 12.8 Å². The van der Waals surface area contributed by atoms with Gasteiger partial charge in [0.25, 0.3) is 0 Å². The van der Waals surface area contributed by atoms with Crippen LogP contribution >= 0.6 is 15.9 Å². The Labute approximate surface area is 130 Å². The Kier molecular flexibility index (Phi) is 4.64. The predicted octanol–water partition coefficient (Wildman–Crippen LogP) is 0.561. The van der Waals surface area contributed by atoms with E-state index < -0.39 is 10.0 Å². The molecule has 0 aromatic heterocycles. The summed E-state index contributed by atoms with van der Waals surface area (Å²) in [6.45, 7) is 0.303. The van der Waals surface area contributed by atoms with Crippen LogP contribution in [-0.4, -0.2) is 26.8 Å². The molecule has 1 heterocycles. The summed E-state index contributed by atoms with van der Waals surface area (Å²) in [5, 5.41) is 10.4. The van der Waals surface area contributed by atoms with Crippen LogP contribution in [0.5, 0.6) is 0 Å². The highest BCUT2D eigenvalue weighted by atomic mass is 79.9. The number of hydrogen-bond acceptors (Lipinski definition) is 4. The predicted molar refractivity (Wildman–Crippen MR) is 79.9 cm³/mol. The van der Waals surface area contributed by atoms with E-state index in [1.165, 1.54) is 18.2 Å². The number of anilines is 1. The second kappa shape index (κ2) is 6.12. The number of benzene rings is 1. The van der Waals surface area contributed by atoms with Gasteiger partial charge in [0.15, 0.2) is 0 Å². The van der Waals surface area contributed by atoms with Crippen molar-refractivity contribution in [1.29, 1.82) is 0 Å². The lowest BCUT2D eigenvalue weighted by Crippen LogP contribution is -2.40. The van der Waals surface area contributed by atoms with Crippen molar-refractivity contribution in [2.24, 2.45) is 11.1 Å². The molecule has 1 unspecified atom stereocenters. The Morgan fingerprint density at radius 1 is 1.43 bits per heavy atom. The molecule has 9 heteroatoms. The summed E-state index contributed by atoms with van der Waals surface area (Å²) in [7, 11) is -3.79. The molecule has 1 saturated heterocycles. The van der Waals surface area contributed by atoms with Crippen molar-refractivity contribution < 1.29 is 18.0 Å². The molecule has 4 N–H and O–H groups in total. The quantitative estimate of drug-likeness (QED) is 0.714. The summed E-state index contributed by atoms with van der Waals surface area (Å²) < 4.78 is 22.9. The van der Waals surface area contributed by atoms with Crippen molar-refractivity contribution in [3.05, 3.63) is 22.7 Å². The van der Waals surface area contributed by atoms with E-state index in [9.17, 15) is 18.0 Å². The van der Waals surface area contributed by atoms with Crippen molar-refractivity contribution in [2.75, 3.05) is 11.9 Å². The summed E-state index contributed by atoms with van der Waals surface area (Å²) in [5.74, 6) is -0.579. The van der Waals surface area contributed by atoms with Gasteiger partial charge in [-0.2, -0.15) is 0 Å². The summed E-state index contributed by atoms with van der Waals surface area (Å²) in [5.41, 5.74) is 0.448. The van der Waals surface area contributed by atoms with Crippen LogP contribution in [-0.2, 0) is 19.6 Å². The molecule has 0 saturated carbocycles. The maximum Gasteiger partial charge on any atom is 0.238 e. The lowest BCUT2D eigenvalue weighted by Gasteiger charge is -2.21. The number of rotatable bonds is 3. The zero-order valence-corrected chi connectivity index (χ0v) is 13.3. The van der Waals surface area contributed by atoms with Gasteiger partial charge in [-0.25, -0.2) is 13.6 Å². The molecule has 1 aliphatic rings. The zero-order valence-electron chi connectivity index (χ0n) is 10.9. The fourth-order valence-corrected chi connectivity index (χ4v) is 3.13. The number of piperidine rings is 1. The first kappa shape index (κ1) is 15.9. The summed E-state index contributed by atoms with van der Waals surface area (Å²) in [6.07, 6.45) is 0.814. The van der Waals surface area contributed by atoms with E-state index in [1.807, 2.05) is 0 Å². The lowest BCUT2D eigenvalue weighted by molar-refractivity contribution is -0.126. The van der Waals surface area contributed by atoms with Crippen LogP contribution in [0.3, 0.4) is 0 Å². The molecule has 2 rings (SSSR count). The maximum atomic E-state index is 12.1. The van der Waals surface area contributed by atoms with Crippen molar-refractivity contribution in [2.45, 2.75) is 17.7 Å². The standard InChI is InChI=1S/C12H14BrN3O4S/c13-9-5-8(21(14,19)20)2-3-10(9)16-12(18)7-1-4-11(17)15-6-7/h2-3,5,7H,1,4,6H2,(H,15,17)(H,16,18)(H2,14,19,20). The van der Waals surface area contributed by atoms with Crippen molar-refractivity contribution >= 4 is 43.5 Å². The Morgan fingerprint density at radius 2 is 2.14 bits per heavy atom. The number of hydrogen-bond donors (Lipinski definition) is 3. The number of carbonyl (C=O) groups excluding carboxylic acids is 2. The highest BCUT2D eigenvalue weighted by Crippen LogP contribution is 2.26. The maximum absolute atomic E-state index is 12.1. The van der Waals surface area contributed by atoms with E-state index in [0.717, 1.165) is 0 Å². The van der Waals surface area contributed by atoms with E-state index in [4.69, 9.17) is 5.14 Å². The number of nitrogens with two attached hydrogens (primary N) is 1. The van der Waals surface area contributed by atoms with Gasteiger partial charge in [-0.3, -0.25) is 9.59 Å². The largest absolute Gasteiger partial charge is 0.355 e. The van der Waals surface area contributed by atoms with Gasteiger partial charge in [-0.1, -0.05) is 0 Å². The molecule has 1 aromatic carbocycles. The normalized spacial score (nSPS) is 19.0. The van der Waals surface area contributed by atoms with Gasteiger partial charge in [0.05, 0.1) is 16.5 Å². The topological polar surface area (TPSA) is 118 Å². The van der Waals surface area contributed by atoms with Crippen LogP contribution in [0.4, 0.5) is 5.69 Å². The minimum absolute atomic E-state index is 0.0442. The first-order chi connectivity index (χ1) is 9.77. The molecule has 2 amide bonds. The number of amides is 2. The molecule has 1 fully saturated rings. The number of carbonyl (C=O) groups is 2. The molecule has 0 aliphatic carbocycles. The van der Waals surface area contributed by atoms with Gasteiger partial charge < -0.3 is 10.6 Å². The van der Waals surface area contributed by atoms with E-state index in [0.29, 0.717) is 29.5 Å². The third kappa shape index (κ3) is 4.02. The second-order valence-corrected chi connectivity index (χ2v) is 7.13. The van der Waals surface area contributed by atoms with Crippen LogP contribution in [0, 0.1) is 5.92 Å². The Bertz CT molecular complexity index is 680. The van der Waals surface area contributed by atoms with Crippen LogP contribution in [0.15, 0.2) is 27.6 Å². The molecular weight excluding hydrogens is 362 g/mol. The van der Waals surface area contributed by atoms with Crippen LogP contribution < -0.4 is 15.8 Å². The number of halogens is 1. The molecule has 1 aromatic rings. The van der Waals surface area contributed by atoms with E-state index in [2.05, 4.69) is 26.6 Å².